The molecule has 1 N–H and O–H groups in total. The van der Waals surface area contributed by atoms with Gasteiger partial charge in [0.25, 0.3) is 0 Å². The number of piperidine rings is 1. The minimum atomic E-state index is -0.656. The molecule has 1 unspecified atom stereocenters. The predicted molar refractivity (Wildman–Crippen MR) is 78.3 cm³/mol. The molecule has 5 nitrogen and oxygen atoms in total. The molecule has 0 radical (unpaired) electrons. The zero-order valence-electron chi connectivity index (χ0n) is 11.8. The first kappa shape index (κ1) is 13.8. The third kappa shape index (κ3) is 2.53. The minimum absolute atomic E-state index is 0.560. The summed E-state index contributed by atoms with van der Waals surface area (Å²) in [6.07, 6.45) is 5.75. The smallest absolute Gasteiger partial charge is 0.311 e. The Balaban J connectivity index is 1.77. The zero-order valence-corrected chi connectivity index (χ0v) is 12.7. The first-order valence-corrected chi connectivity index (χ1v) is 8.24. The van der Waals surface area contributed by atoms with E-state index < -0.39 is 11.4 Å². The molecule has 6 heteroatoms. The van der Waals surface area contributed by atoms with E-state index in [-0.39, 0.29) is 0 Å². The van der Waals surface area contributed by atoms with Gasteiger partial charge in [-0.15, -0.1) is 0 Å². The molecule has 0 aromatic carbocycles. The van der Waals surface area contributed by atoms with Crippen LogP contribution >= 0.6 is 11.5 Å². The van der Waals surface area contributed by atoms with Gasteiger partial charge in [0.15, 0.2) is 0 Å². The lowest BCUT2D eigenvalue weighted by Crippen LogP contribution is -2.48. The zero-order chi connectivity index (χ0) is 14.2. The van der Waals surface area contributed by atoms with Crippen LogP contribution in [0.2, 0.25) is 0 Å². The summed E-state index contributed by atoms with van der Waals surface area (Å²) in [6.45, 7) is 3.54. The van der Waals surface area contributed by atoms with Crippen molar-refractivity contribution in [1.82, 2.24) is 9.36 Å². The molecule has 1 saturated heterocycles. The Morgan fingerprint density at radius 3 is 3.00 bits per heavy atom. The van der Waals surface area contributed by atoms with E-state index in [1.165, 1.54) is 24.4 Å². The van der Waals surface area contributed by atoms with Crippen LogP contribution in [0.25, 0.3) is 0 Å². The molecule has 0 amide bonds. The maximum absolute atomic E-state index is 11.7. The first-order chi connectivity index (χ1) is 9.64. The molecule has 110 valence electrons. The van der Waals surface area contributed by atoms with Gasteiger partial charge in [-0.2, -0.15) is 4.37 Å². The fraction of sp³-hybridized carbons (Fsp3) is 0.786. The van der Waals surface area contributed by atoms with Gasteiger partial charge < -0.3 is 10.0 Å². The SMILES string of the molecule is CCCC1(C(=O)O)CCCN(c2nc(C3CC3)ns2)C1. The summed E-state index contributed by atoms with van der Waals surface area (Å²) >= 11 is 1.43. The molecule has 2 fully saturated rings. The van der Waals surface area contributed by atoms with Crippen molar-refractivity contribution in [1.29, 1.82) is 0 Å². The van der Waals surface area contributed by atoms with E-state index in [1.54, 1.807) is 0 Å². The number of carboxylic acid groups (broad SMARTS) is 1. The average Bonchev–Trinajstić information content (AvgIpc) is 3.17. The van der Waals surface area contributed by atoms with Gasteiger partial charge in [-0.1, -0.05) is 13.3 Å². The average molecular weight is 295 g/mol. The fourth-order valence-corrected chi connectivity index (χ4v) is 3.89. The van der Waals surface area contributed by atoms with E-state index in [2.05, 4.69) is 21.2 Å². The highest BCUT2D eigenvalue weighted by Crippen LogP contribution is 2.41. The van der Waals surface area contributed by atoms with Crippen molar-refractivity contribution in [2.75, 3.05) is 18.0 Å². The monoisotopic (exact) mass is 295 g/mol. The Morgan fingerprint density at radius 2 is 2.35 bits per heavy atom. The molecule has 3 rings (SSSR count). The summed E-state index contributed by atoms with van der Waals surface area (Å²) in [6, 6.07) is 0. The Bertz CT molecular complexity index is 496. The number of anilines is 1. The number of hydrogen-bond donors (Lipinski definition) is 1. The number of carboxylic acids is 1. The van der Waals surface area contributed by atoms with Gasteiger partial charge in [0.1, 0.15) is 5.82 Å². The highest BCUT2D eigenvalue weighted by Gasteiger charge is 2.42. The van der Waals surface area contributed by atoms with E-state index in [0.29, 0.717) is 12.5 Å². The summed E-state index contributed by atoms with van der Waals surface area (Å²) in [7, 11) is 0. The molecular weight excluding hydrogens is 274 g/mol. The molecule has 1 saturated carbocycles. The van der Waals surface area contributed by atoms with Crippen molar-refractivity contribution in [2.24, 2.45) is 5.41 Å². The lowest BCUT2D eigenvalue weighted by molar-refractivity contribution is -0.150. The molecule has 1 atom stereocenters. The molecular formula is C14H21N3O2S. The van der Waals surface area contributed by atoms with Crippen LogP contribution in [-0.2, 0) is 4.79 Å². The number of rotatable bonds is 5. The maximum Gasteiger partial charge on any atom is 0.311 e. The maximum atomic E-state index is 11.7. The summed E-state index contributed by atoms with van der Waals surface area (Å²) < 4.78 is 4.43. The van der Waals surface area contributed by atoms with Crippen molar-refractivity contribution < 1.29 is 9.90 Å². The highest BCUT2D eigenvalue weighted by molar-refractivity contribution is 7.09. The van der Waals surface area contributed by atoms with Crippen molar-refractivity contribution in [3.8, 4) is 0 Å². The van der Waals surface area contributed by atoms with Gasteiger partial charge in [0.2, 0.25) is 5.13 Å². The van der Waals surface area contributed by atoms with Crippen molar-refractivity contribution >= 4 is 22.6 Å². The molecule has 0 bridgehead atoms. The number of aromatic nitrogens is 2. The third-order valence-electron chi connectivity index (χ3n) is 4.40. The molecule has 1 aromatic rings. The Hall–Kier alpha value is -1.17. The van der Waals surface area contributed by atoms with Gasteiger partial charge in [-0.3, -0.25) is 4.79 Å². The van der Waals surface area contributed by atoms with Crippen LogP contribution in [0.3, 0.4) is 0 Å². The second kappa shape index (κ2) is 5.31. The Kier molecular flexibility index (Phi) is 3.67. The first-order valence-electron chi connectivity index (χ1n) is 7.46. The highest BCUT2D eigenvalue weighted by atomic mass is 32.1. The van der Waals surface area contributed by atoms with Crippen molar-refractivity contribution in [3.63, 3.8) is 0 Å². The Morgan fingerprint density at radius 1 is 1.55 bits per heavy atom. The van der Waals surface area contributed by atoms with E-state index in [9.17, 15) is 9.90 Å². The fourth-order valence-electron chi connectivity index (χ4n) is 3.12. The lowest BCUT2D eigenvalue weighted by atomic mass is 9.76. The molecule has 1 aromatic heterocycles. The van der Waals surface area contributed by atoms with Crippen LogP contribution in [0, 0.1) is 5.41 Å². The van der Waals surface area contributed by atoms with Crippen LogP contribution in [-0.4, -0.2) is 33.5 Å². The van der Waals surface area contributed by atoms with Crippen LogP contribution < -0.4 is 4.90 Å². The van der Waals surface area contributed by atoms with Crippen LogP contribution in [0.15, 0.2) is 0 Å². The van der Waals surface area contributed by atoms with Gasteiger partial charge in [-0.25, -0.2) is 4.98 Å². The summed E-state index contributed by atoms with van der Waals surface area (Å²) in [5, 5.41) is 10.5. The Labute approximate surface area is 123 Å². The quantitative estimate of drug-likeness (QED) is 0.904. The molecule has 2 aliphatic rings. The summed E-state index contributed by atoms with van der Waals surface area (Å²) in [5.74, 6) is 0.868. The van der Waals surface area contributed by atoms with Gasteiger partial charge in [0.05, 0.1) is 5.41 Å². The molecule has 20 heavy (non-hydrogen) atoms. The lowest BCUT2D eigenvalue weighted by Gasteiger charge is -2.39. The standard InChI is InChI=1S/C14H21N3O2S/c1-2-6-14(12(18)19)7-3-8-17(9-14)13-15-11(16-20-13)10-4-5-10/h10H,2-9H2,1H3,(H,18,19). The van der Waals surface area contributed by atoms with Gasteiger partial charge in [0, 0.05) is 30.5 Å². The second-order valence-electron chi connectivity index (χ2n) is 6.07. The topological polar surface area (TPSA) is 66.3 Å². The van der Waals surface area contributed by atoms with Crippen molar-refractivity contribution in [3.05, 3.63) is 5.82 Å². The number of hydrogen-bond acceptors (Lipinski definition) is 5. The largest absolute Gasteiger partial charge is 0.481 e. The van der Waals surface area contributed by atoms with Crippen LogP contribution in [0.5, 0.6) is 0 Å². The van der Waals surface area contributed by atoms with E-state index in [0.717, 1.165) is 43.2 Å². The number of nitrogens with zero attached hydrogens (tertiary/aromatic N) is 3. The molecule has 1 aliphatic carbocycles. The second-order valence-corrected chi connectivity index (χ2v) is 6.80. The normalized spacial score (nSPS) is 26.8. The molecule has 1 aliphatic heterocycles. The van der Waals surface area contributed by atoms with Gasteiger partial charge >= 0.3 is 5.97 Å². The van der Waals surface area contributed by atoms with E-state index in [1.807, 2.05) is 0 Å². The molecule has 2 heterocycles. The summed E-state index contributed by atoms with van der Waals surface area (Å²) in [4.78, 5) is 18.5. The van der Waals surface area contributed by atoms with E-state index >= 15 is 0 Å². The summed E-state index contributed by atoms with van der Waals surface area (Å²) in [5.41, 5.74) is -0.599. The number of aliphatic carboxylic acids is 1. The van der Waals surface area contributed by atoms with E-state index in [4.69, 9.17) is 0 Å². The van der Waals surface area contributed by atoms with Crippen molar-refractivity contribution in [2.45, 2.75) is 51.4 Å². The molecule has 0 spiro atoms. The third-order valence-corrected chi connectivity index (χ3v) is 5.19. The minimum Gasteiger partial charge on any atom is -0.481 e. The predicted octanol–water partition coefficient (Wildman–Crippen LogP) is 2.89. The van der Waals surface area contributed by atoms with Gasteiger partial charge in [-0.05, 0) is 32.1 Å². The van der Waals surface area contributed by atoms with Crippen LogP contribution in [0.1, 0.15) is 57.2 Å². The number of carbonyl (C=O) groups is 1. The van der Waals surface area contributed by atoms with Crippen LogP contribution in [0.4, 0.5) is 5.13 Å².